The molecule has 1 fully saturated rings. The molecule has 2 aliphatic rings. The maximum Gasteiger partial charge on any atom is 0.326 e. The van der Waals surface area contributed by atoms with Gasteiger partial charge in [0, 0.05) is 12.3 Å². The lowest BCUT2D eigenvalue weighted by molar-refractivity contribution is -0.141. The lowest BCUT2D eigenvalue weighted by Crippen LogP contribution is -2.25. The lowest BCUT2D eigenvalue weighted by Gasteiger charge is -2.22. The number of halogens is 1. The molecule has 1 aromatic heterocycles. The van der Waals surface area contributed by atoms with Crippen molar-refractivity contribution in [3.8, 4) is 0 Å². The number of carboxylic acid groups (broad SMARTS) is 1. The highest BCUT2D eigenvalue weighted by Crippen LogP contribution is 2.44. The van der Waals surface area contributed by atoms with Crippen molar-refractivity contribution in [2.75, 3.05) is 0 Å². The molecule has 1 aromatic rings. The van der Waals surface area contributed by atoms with Gasteiger partial charge in [0.25, 0.3) is 0 Å². The first kappa shape index (κ1) is 10.1. The second kappa shape index (κ2) is 3.48. The van der Waals surface area contributed by atoms with Crippen LogP contribution in [0.2, 0.25) is 5.15 Å². The van der Waals surface area contributed by atoms with Crippen LogP contribution in [0.25, 0.3) is 0 Å². The average Bonchev–Trinajstić information content (AvgIpc) is 3.04. The van der Waals surface area contributed by atoms with Crippen molar-refractivity contribution in [1.29, 1.82) is 0 Å². The first-order chi connectivity index (χ1) is 7.68. The number of carboxylic acids is 1. The summed E-state index contributed by atoms with van der Waals surface area (Å²) in [6.45, 7) is 0. The first-order valence-corrected chi connectivity index (χ1v) is 6.05. The summed E-state index contributed by atoms with van der Waals surface area (Å²) in [5, 5.41) is 9.73. The van der Waals surface area contributed by atoms with Crippen molar-refractivity contribution in [2.24, 2.45) is 0 Å². The summed E-state index contributed by atoms with van der Waals surface area (Å²) < 4.78 is 1.72. The number of rotatable bonds is 2. The number of nitrogens with zero attached hydrogens (tertiary/aromatic N) is 2. The number of aliphatic carboxylic acids is 1. The fraction of sp³-hybridized carbons (Fsp3) is 0.636. The minimum absolute atomic E-state index is 0.472. The van der Waals surface area contributed by atoms with E-state index in [-0.39, 0.29) is 0 Å². The number of aromatic nitrogens is 2. The third-order valence-electron chi connectivity index (χ3n) is 3.39. The molecule has 0 spiro atoms. The SMILES string of the molecule is O=C(O)C1CCCc2nc(C3CC3)c(Cl)n21. The van der Waals surface area contributed by atoms with Crippen molar-refractivity contribution < 1.29 is 9.90 Å². The average molecular weight is 241 g/mol. The van der Waals surface area contributed by atoms with E-state index in [0.717, 1.165) is 37.2 Å². The van der Waals surface area contributed by atoms with E-state index in [2.05, 4.69) is 4.98 Å². The van der Waals surface area contributed by atoms with Crippen LogP contribution in [0.1, 0.15) is 49.2 Å². The minimum Gasteiger partial charge on any atom is -0.480 e. The Morgan fingerprint density at radius 2 is 2.19 bits per heavy atom. The normalized spacial score (nSPS) is 24.2. The molecular formula is C11H13ClN2O2. The Hall–Kier alpha value is -1.03. The summed E-state index contributed by atoms with van der Waals surface area (Å²) in [5.74, 6) is 0.521. The number of fused-ring (bicyclic) bond motifs is 1. The van der Waals surface area contributed by atoms with Crippen molar-refractivity contribution >= 4 is 17.6 Å². The fourth-order valence-corrected chi connectivity index (χ4v) is 2.81. The van der Waals surface area contributed by atoms with E-state index < -0.39 is 12.0 Å². The predicted octanol–water partition coefficient (Wildman–Crippen LogP) is 2.38. The second-order valence-corrected chi connectivity index (χ2v) is 4.95. The highest BCUT2D eigenvalue weighted by atomic mass is 35.5. The smallest absolute Gasteiger partial charge is 0.326 e. The number of hydrogen-bond donors (Lipinski definition) is 1. The summed E-state index contributed by atoms with van der Waals surface area (Å²) in [4.78, 5) is 15.7. The molecular weight excluding hydrogens is 228 g/mol. The van der Waals surface area contributed by atoms with Gasteiger partial charge in [0.05, 0.1) is 5.69 Å². The van der Waals surface area contributed by atoms with Gasteiger partial charge in [0.2, 0.25) is 0 Å². The quantitative estimate of drug-likeness (QED) is 0.864. The number of imidazole rings is 1. The maximum absolute atomic E-state index is 11.2. The second-order valence-electron chi connectivity index (χ2n) is 4.59. The lowest BCUT2D eigenvalue weighted by atomic mass is 10.1. The summed E-state index contributed by atoms with van der Waals surface area (Å²) in [6.07, 6.45) is 4.65. The number of hydrogen-bond acceptors (Lipinski definition) is 2. The van der Waals surface area contributed by atoms with E-state index in [1.807, 2.05) is 0 Å². The van der Waals surface area contributed by atoms with Crippen LogP contribution in [0.5, 0.6) is 0 Å². The van der Waals surface area contributed by atoms with Gasteiger partial charge in [-0.2, -0.15) is 0 Å². The molecule has 1 N–H and O–H groups in total. The van der Waals surface area contributed by atoms with Crippen LogP contribution in [0.3, 0.4) is 0 Å². The summed E-state index contributed by atoms with van der Waals surface area (Å²) >= 11 is 6.25. The summed E-state index contributed by atoms with van der Waals surface area (Å²) in [6, 6.07) is -0.517. The van der Waals surface area contributed by atoms with E-state index >= 15 is 0 Å². The molecule has 16 heavy (non-hydrogen) atoms. The molecule has 1 unspecified atom stereocenters. The minimum atomic E-state index is -0.803. The molecule has 0 radical (unpaired) electrons. The van der Waals surface area contributed by atoms with Gasteiger partial charge in [0.15, 0.2) is 0 Å². The van der Waals surface area contributed by atoms with Crippen LogP contribution in [0, 0.1) is 0 Å². The number of aryl methyl sites for hydroxylation is 1. The van der Waals surface area contributed by atoms with Crippen molar-refractivity contribution in [2.45, 2.75) is 44.1 Å². The topological polar surface area (TPSA) is 55.1 Å². The molecule has 1 aliphatic heterocycles. The molecule has 3 rings (SSSR count). The molecule has 2 heterocycles. The predicted molar refractivity (Wildman–Crippen MR) is 58.8 cm³/mol. The van der Waals surface area contributed by atoms with E-state index in [0.29, 0.717) is 17.5 Å². The maximum atomic E-state index is 11.2. The van der Waals surface area contributed by atoms with E-state index in [4.69, 9.17) is 16.7 Å². The van der Waals surface area contributed by atoms with Crippen molar-refractivity contribution in [3.63, 3.8) is 0 Å². The monoisotopic (exact) mass is 240 g/mol. The van der Waals surface area contributed by atoms with Crippen molar-refractivity contribution in [1.82, 2.24) is 9.55 Å². The van der Waals surface area contributed by atoms with E-state index in [1.165, 1.54) is 0 Å². The van der Waals surface area contributed by atoms with Gasteiger partial charge >= 0.3 is 5.97 Å². The highest BCUT2D eigenvalue weighted by molar-refractivity contribution is 6.30. The van der Waals surface area contributed by atoms with Gasteiger partial charge in [-0.05, 0) is 25.7 Å². The van der Waals surface area contributed by atoms with Crippen LogP contribution >= 0.6 is 11.6 Å². The Labute approximate surface area is 98.2 Å². The van der Waals surface area contributed by atoms with E-state index in [1.54, 1.807) is 4.57 Å². The van der Waals surface area contributed by atoms with Gasteiger partial charge in [-0.3, -0.25) is 0 Å². The van der Waals surface area contributed by atoms with Gasteiger partial charge < -0.3 is 9.67 Å². The molecule has 0 amide bonds. The van der Waals surface area contributed by atoms with Crippen molar-refractivity contribution in [3.05, 3.63) is 16.7 Å². The number of carbonyl (C=O) groups is 1. The molecule has 1 saturated carbocycles. The molecule has 0 bridgehead atoms. The fourth-order valence-electron chi connectivity index (χ4n) is 2.40. The molecule has 4 nitrogen and oxygen atoms in total. The summed E-state index contributed by atoms with van der Waals surface area (Å²) in [5.41, 5.74) is 0.921. The zero-order valence-corrected chi connectivity index (χ0v) is 9.57. The third-order valence-corrected chi connectivity index (χ3v) is 3.76. The standard InChI is InChI=1S/C11H13ClN2O2/c12-10-9(6-4-5-6)13-8-3-1-2-7(11(15)16)14(8)10/h6-7H,1-5H2,(H,15,16). The third kappa shape index (κ3) is 1.44. The van der Waals surface area contributed by atoms with E-state index in [9.17, 15) is 4.79 Å². The zero-order chi connectivity index (χ0) is 11.3. The molecule has 1 aliphatic carbocycles. The summed E-state index contributed by atoms with van der Waals surface area (Å²) in [7, 11) is 0. The highest BCUT2D eigenvalue weighted by Gasteiger charge is 2.35. The van der Waals surface area contributed by atoms with Crippen LogP contribution in [0.4, 0.5) is 0 Å². The molecule has 86 valence electrons. The first-order valence-electron chi connectivity index (χ1n) is 5.67. The van der Waals surface area contributed by atoms with Crippen LogP contribution in [-0.2, 0) is 11.2 Å². The largest absolute Gasteiger partial charge is 0.480 e. The van der Waals surface area contributed by atoms with Gasteiger partial charge in [-0.25, -0.2) is 9.78 Å². The molecule has 5 heteroatoms. The Morgan fingerprint density at radius 3 is 2.81 bits per heavy atom. The van der Waals surface area contributed by atoms with Crippen LogP contribution in [-0.4, -0.2) is 20.6 Å². The van der Waals surface area contributed by atoms with Gasteiger partial charge in [-0.15, -0.1) is 0 Å². The molecule has 0 aromatic carbocycles. The molecule has 1 atom stereocenters. The Balaban J connectivity index is 2.08. The Morgan fingerprint density at radius 1 is 1.44 bits per heavy atom. The molecule has 0 saturated heterocycles. The van der Waals surface area contributed by atoms with Crippen LogP contribution < -0.4 is 0 Å². The Bertz CT molecular complexity index is 451. The Kier molecular flexibility index (Phi) is 2.21. The van der Waals surface area contributed by atoms with Gasteiger partial charge in [-0.1, -0.05) is 11.6 Å². The zero-order valence-electron chi connectivity index (χ0n) is 8.82. The van der Waals surface area contributed by atoms with Gasteiger partial charge in [0.1, 0.15) is 17.0 Å². The van der Waals surface area contributed by atoms with Crippen LogP contribution in [0.15, 0.2) is 0 Å².